The number of methoxy groups -OCH3 is 1. The van der Waals surface area contributed by atoms with Gasteiger partial charge in [-0.1, -0.05) is 83.3 Å². The molecule has 0 unspecified atom stereocenters. The summed E-state index contributed by atoms with van der Waals surface area (Å²) < 4.78 is 17.4. The molecular weight excluding hydrogens is 619 g/mol. The highest BCUT2D eigenvalue weighted by Crippen LogP contribution is 2.38. The van der Waals surface area contributed by atoms with Crippen LogP contribution in [0.1, 0.15) is 16.7 Å². The normalized spacial score (nSPS) is 11.1. The van der Waals surface area contributed by atoms with Crippen molar-refractivity contribution in [3.63, 3.8) is 0 Å². The van der Waals surface area contributed by atoms with Crippen LogP contribution in [0, 0.1) is 11.3 Å². The van der Waals surface area contributed by atoms with Gasteiger partial charge in [0, 0.05) is 21.3 Å². The van der Waals surface area contributed by atoms with Crippen molar-refractivity contribution in [2.24, 2.45) is 0 Å². The first-order valence-electron chi connectivity index (χ1n) is 13.4. The molecule has 44 heavy (non-hydrogen) atoms. The number of anilines is 1. The predicted molar refractivity (Wildman–Crippen MR) is 176 cm³/mol. The third kappa shape index (κ3) is 7.45. The zero-order chi connectivity index (χ0) is 31.1. The lowest BCUT2D eigenvalue weighted by Gasteiger charge is -2.14. The molecule has 9 heteroatoms. The van der Waals surface area contributed by atoms with Gasteiger partial charge in [-0.15, -0.1) is 0 Å². The molecule has 0 heterocycles. The van der Waals surface area contributed by atoms with Crippen molar-refractivity contribution >= 4 is 63.2 Å². The maximum atomic E-state index is 12.9. The summed E-state index contributed by atoms with van der Waals surface area (Å²) in [5, 5.41) is 16.0. The lowest BCUT2D eigenvalue weighted by Crippen LogP contribution is -2.13. The standard InChI is InChI=1S/C35H25Cl3N2O4/c1-42-33-17-22(16-32(38)34(33)44-20-24-7-4-6-23-5-2-3-8-30(23)24)15-26(19-39)35(41)40-28-11-13-29(14-12-28)43-21-25-9-10-27(36)18-31(25)37/h2-18H,20-21H2,1H3,(H,40,41)/b26-15+. The van der Waals surface area contributed by atoms with Crippen LogP contribution in [0.2, 0.25) is 15.1 Å². The molecule has 5 rings (SSSR count). The third-order valence-corrected chi connectivity index (χ3v) is 7.57. The molecule has 0 aliphatic rings. The first-order valence-corrected chi connectivity index (χ1v) is 14.5. The van der Waals surface area contributed by atoms with E-state index in [1.165, 1.54) is 13.2 Å². The number of carbonyl (C=O) groups is 1. The highest BCUT2D eigenvalue weighted by molar-refractivity contribution is 6.35. The molecule has 0 spiro atoms. The number of hydrogen-bond acceptors (Lipinski definition) is 5. The van der Waals surface area contributed by atoms with Crippen LogP contribution in [0.15, 0.2) is 103 Å². The van der Waals surface area contributed by atoms with Gasteiger partial charge >= 0.3 is 0 Å². The number of rotatable bonds is 10. The lowest BCUT2D eigenvalue weighted by molar-refractivity contribution is -0.112. The number of hydrogen-bond donors (Lipinski definition) is 1. The molecule has 0 atom stereocenters. The molecular formula is C35H25Cl3N2O4. The van der Waals surface area contributed by atoms with Gasteiger partial charge in [-0.25, -0.2) is 0 Å². The van der Waals surface area contributed by atoms with Crippen molar-refractivity contribution < 1.29 is 19.0 Å². The first kappa shape index (κ1) is 30.8. The number of halogens is 3. The summed E-state index contributed by atoms with van der Waals surface area (Å²) >= 11 is 18.7. The number of fused-ring (bicyclic) bond motifs is 1. The van der Waals surface area contributed by atoms with Crippen molar-refractivity contribution in [2.75, 3.05) is 12.4 Å². The third-order valence-electron chi connectivity index (χ3n) is 6.70. The van der Waals surface area contributed by atoms with Crippen molar-refractivity contribution in [3.05, 3.63) is 134 Å². The highest BCUT2D eigenvalue weighted by Gasteiger charge is 2.15. The van der Waals surface area contributed by atoms with E-state index in [0.29, 0.717) is 38.5 Å². The maximum absolute atomic E-state index is 12.9. The zero-order valence-electron chi connectivity index (χ0n) is 23.4. The molecule has 0 fully saturated rings. The Bertz CT molecular complexity index is 1890. The number of ether oxygens (including phenoxy) is 3. The molecule has 220 valence electrons. The molecule has 0 aliphatic carbocycles. The quantitative estimate of drug-likeness (QED) is 0.121. The summed E-state index contributed by atoms with van der Waals surface area (Å²) in [4.78, 5) is 12.9. The number of amides is 1. The van der Waals surface area contributed by atoms with E-state index in [0.717, 1.165) is 21.9 Å². The summed E-state index contributed by atoms with van der Waals surface area (Å²) in [6, 6.07) is 31.2. The number of carbonyl (C=O) groups excluding carboxylic acids is 1. The molecule has 5 aromatic rings. The van der Waals surface area contributed by atoms with Crippen LogP contribution in [0.4, 0.5) is 5.69 Å². The average molecular weight is 644 g/mol. The molecule has 1 N–H and O–H groups in total. The lowest BCUT2D eigenvalue weighted by atomic mass is 10.1. The van der Waals surface area contributed by atoms with E-state index in [-0.39, 0.29) is 23.8 Å². The topological polar surface area (TPSA) is 80.6 Å². The fourth-order valence-electron chi connectivity index (χ4n) is 4.48. The van der Waals surface area contributed by atoms with Gasteiger partial charge in [-0.3, -0.25) is 4.79 Å². The van der Waals surface area contributed by atoms with Gasteiger partial charge in [0.05, 0.1) is 12.1 Å². The van der Waals surface area contributed by atoms with Crippen LogP contribution in [0.3, 0.4) is 0 Å². The molecule has 0 saturated heterocycles. The van der Waals surface area contributed by atoms with E-state index in [1.807, 2.05) is 48.5 Å². The minimum Gasteiger partial charge on any atom is -0.493 e. The summed E-state index contributed by atoms with van der Waals surface area (Å²) in [7, 11) is 1.50. The van der Waals surface area contributed by atoms with Crippen LogP contribution < -0.4 is 19.5 Å². The van der Waals surface area contributed by atoms with Gasteiger partial charge < -0.3 is 19.5 Å². The number of nitrogens with one attached hydrogen (secondary N) is 1. The van der Waals surface area contributed by atoms with E-state index in [9.17, 15) is 10.1 Å². The van der Waals surface area contributed by atoms with E-state index < -0.39 is 5.91 Å². The Hall–Kier alpha value is -4.67. The Morgan fingerprint density at radius 2 is 1.59 bits per heavy atom. The second-order valence-corrected chi connectivity index (χ2v) is 10.9. The van der Waals surface area contributed by atoms with Gasteiger partial charge in [-0.05, 0) is 76.5 Å². The van der Waals surface area contributed by atoms with Gasteiger partial charge in [0.2, 0.25) is 0 Å². The minimum atomic E-state index is -0.583. The monoisotopic (exact) mass is 642 g/mol. The highest BCUT2D eigenvalue weighted by atomic mass is 35.5. The molecule has 6 nitrogen and oxygen atoms in total. The molecule has 0 radical (unpaired) electrons. The van der Waals surface area contributed by atoms with E-state index in [1.54, 1.807) is 54.6 Å². The van der Waals surface area contributed by atoms with E-state index in [2.05, 4.69) is 5.32 Å². The van der Waals surface area contributed by atoms with Gasteiger partial charge in [0.1, 0.15) is 30.6 Å². The van der Waals surface area contributed by atoms with Gasteiger partial charge in [0.25, 0.3) is 5.91 Å². The van der Waals surface area contributed by atoms with Crippen LogP contribution in [0.25, 0.3) is 16.8 Å². The fourth-order valence-corrected chi connectivity index (χ4v) is 5.22. The SMILES string of the molecule is COc1cc(/C=C(\C#N)C(=O)Nc2ccc(OCc3ccc(Cl)cc3Cl)cc2)cc(Cl)c1OCc1cccc2ccccc12. The molecule has 0 aromatic heterocycles. The number of benzene rings is 5. The zero-order valence-corrected chi connectivity index (χ0v) is 25.7. The van der Waals surface area contributed by atoms with Crippen LogP contribution in [0.5, 0.6) is 17.2 Å². The summed E-state index contributed by atoms with van der Waals surface area (Å²) in [6.45, 7) is 0.527. The Kier molecular flexibility index (Phi) is 9.93. The molecule has 0 bridgehead atoms. The Labute approximate surface area is 270 Å². The summed E-state index contributed by atoms with van der Waals surface area (Å²) in [5.74, 6) is 0.732. The Morgan fingerprint density at radius 1 is 0.841 bits per heavy atom. The molecule has 1 amide bonds. The smallest absolute Gasteiger partial charge is 0.266 e. The predicted octanol–water partition coefficient (Wildman–Crippen LogP) is 9.51. The summed E-state index contributed by atoms with van der Waals surface area (Å²) in [5.41, 5.74) is 2.66. The Balaban J connectivity index is 1.25. The van der Waals surface area contributed by atoms with E-state index in [4.69, 9.17) is 49.0 Å². The maximum Gasteiger partial charge on any atom is 0.266 e. The largest absolute Gasteiger partial charge is 0.493 e. The van der Waals surface area contributed by atoms with Crippen LogP contribution in [-0.4, -0.2) is 13.0 Å². The summed E-state index contributed by atoms with van der Waals surface area (Å²) in [6.07, 6.45) is 1.44. The van der Waals surface area contributed by atoms with Crippen LogP contribution >= 0.6 is 34.8 Å². The Morgan fingerprint density at radius 3 is 2.34 bits per heavy atom. The van der Waals surface area contributed by atoms with Crippen molar-refractivity contribution in [3.8, 4) is 23.3 Å². The second-order valence-electron chi connectivity index (χ2n) is 9.63. The van der Waals surface area contributed by atoms with Crippen molar-refractivity contribution in [1.29, 1.82) is 5.26 Å². The average Bonchev–Trinajstić information content (AvgIpc) is 3.03. The first-order chi connectivity index (χ1) is 21.3. The number of nitrogens with zero attached hydrogens (tertiary/aromatic N) is 1. The number of nitriles is 1. The minimum absolute atomic E-state index is 0.120. The van der Waals surface area contributed by atoms with Crippen molar-refractivity contribution in [2.45, 2.75) is 13.2 Å². The molecule has 0 aliphatic heterocycles. The second kappa shape index (κ2) is 14.2. The van der Waals surface area contributed by atoms with E-state index >= 15 is 0 Å². The van der Waals surface area contributed by atoms with Crippen molar-refractivity contribution in [1.82, 2.24) is 0 Å². The van der Waals surface area contributed by atoms with Gasteiger partial charge in [0.15, 0.2) is 11.5 Å². The fraction of sp³-hybridized carbons (Fsp3) is 0.0857. The molecule has 0 saturated carbocycles. The molecule has 5 aromatic carbocycles. The van der Waals surface area contributed by atoms with Gasteiger partial charge in [-0.2, -0.15) is 5.26 Å². The van der Waals surface area contributed by atoms with Crippen LogP contribution in [-0.2, 0) is 18.0 Å².